The van der Waals surface area contributed by atoms with Crippen LogP contribution in [-0.4, -0.2) is 13.2 Å². The summed E-state index contributed by atoms with van der Waals surface area (Å²) in [4.78, 5) is 0. The van der Waals surface area contributed by atoms with E-state index in [4.69, 9.17) is 4.74 Å². The highest BCUT2D eigenvalue weighted by atomic mass is 16.5. The fraction of sp³-hybridized carbons (Fsp3) is 0.647. The number of benzene rings is 1. The number of rotatable bonds is 4. The molecule has 2 unspecified atom stereocenters. The molecule has 1 aliphatic rings. The minimum Gasteiger partial charge on any atom is -0.497 e. The first-order valence-electron chi connectivity index (χ1n) is 7.48. The van der Waals surface area contributed by atoms with Crippen molar-refractivity contribution in [3.8, 4) is 5.75 Å². The van der Waals surface area contributed by atoms with E-state index in [2.05, 4.69) is 44.3 Å². The minimum absolute atomic E-state index is 0.387. The van der Waals surface area contributed by atoms with Crippen LogP contribution in [0.4, 0.5) is 0 Å². The molecule has 1 fully saturated rings. The van der Waals surface area contributed by atoms with Crippen LogP contribution in [0.5, 0.6) is 5.75 Å². The largest absolute Gasteiger partial charge is 0.497 e. The van der Waals surface area contributed by atoms with Gasteiger partial charge < -0.3 is 10.1 Å². The molecule has 1 N–H and O–H groups in total. The maximum absolute atomic E-state index is 5.30. The Morgan fingerprint density at radius 3 is 2.47 bits per heavy atom. The van der Waals surface area contributed by atoms with Gasteiger partial charge in [-0.25, -0.2) is 0 Å². The van der Waals surface area contributed by atoms with Crippen LogP contribution in [0, 0.1) is 11.8 Å². The molecule has 2 rings (SSSR count). The van der Waals surface area contributed by atoms with E-state index in [1.807, 2.05) is 6.07 Å². The third-order valence-electron chi connectivity index (χ3n) is 4.26. The van der Waals surface area contributed by atoms with Crippen molar-refractivity contribution in [3.05, 3.63) is 29.8 Å². The highest BCUT2D eigenvalue weighted by molar-refractivity contribution is 5.30. The predicted octanol–water partition coefficient (Wildman–Crippen LogP) is 4.17. The first-order valence-corrected chi connectivity index (χ1v) is 7.48. The highest BCUT2D eigenvalue weighted by Gasteiger charge is 2.24. The van der Waals surface area contributed by atoms with Crippen molar-refractivity contribution in [2.24, 2.45) is 11.8 Å². The van der Waals surface area contributed by atoms with E-state index in [1.54, 1.807) is 7.11 Å². The zero-order valence-corrected chi connectivity index (χ0v) is 12.6. The topological polar surface area (TPSA) is 21.3 Å². The Hall–Kier alpha value is -1.02. The van der Waals surface area contributed by atoms with Gasteiger partial charge in [-0.15, -0.1) is 0 Å². The Morgan fingerprint density at radius 2 is 1.84 bits per heavy atom. The number of nitrogens with one attached hydrogen (secondary N) is 1. The SMILES string of the molecule is COc1cccc([C@H](C)NC2CC(C)CC(C)C2)c1. The Kier molecular flexibility index (Phi) is 4.87. The van der Waals surface area contributed by atoms with Gasteiger partial charge in [0.05, 0.1) is 7.11 Å². The first kappa shape index (κ1) is 14.4. The lowest BCUT2D eigenvalue weighted by molar-refractivity contribution is 0.228. The van der Waals surface area contributed by atoms with Crippen LogP contribution in [0.15, 0.2) is 24.3 Å². The van der Waals surface area contributed by atoms with Gasteiger partial charge in [-0.1, -0.05) is 26.0 Å². The van der Waals surface area contributed by atoms with Crippen molar-refractivity contribution >= 4 is 0 Å². The third-order valence-corrected chi connectivity index (χ3v) is 4.26. The van der Waals surface area contributed by atoms with Crippen molar-refractivity contribution in [1.29, 1.82) is 0 Å². The van der Waals surface area contributed by atoms with Gasteiger partial charge in [0.1, 0.15) is 5.75 Å². The third kappa shape index (κ3) is 3.97. The smallest absolute Gasteiger partial charge is 0.119 e. The molecule has 0 aromatic heterocycles. The van der Waals surface area contributed by atoms with E-state index >= 15 is 0 Å². The summed E-state index contributed by atoms with van der Waals surface area (Å²) >= 11 is 0. The van der Waals surface area contributed by atoms with Crippen molar-refractivity contribution in [2.45, 2.75) is 52.1 Å². The molecular weight excluding hydrogens is 234 g/mol. The van der Waals surface area contributed by atoms with Gasteiger partial charge in [0.2, 0.25) is 0 Å². The molecule has 0 radical (unpaired) electrons. The molecule has 0 amide bonds. The number of hydrogen-bond acceptors (Lipinski definition) is 2. The summed E-state index contributed by atoms with van der Waals surface area (Å²) in [5.74, 6) is 2.63. The second kappa shape index (κ2) is 6.42. The van der Waals surface area contributed by atoms with Crippen LogP contribution < -0.4 is 10.1 Å². The monoisotopic (exact) mass is 261 g/mol. The van der Waals surface area contributed by atoms with Crippen molar-refractivity contribution in [1.82, 2.24) is 5.32 Å². The predicted molar refractivity (Wildman–Crippen MR) is 80.5 cm³/mol. The second-order valence-corrected chi connectivity index (χ2v) is 6.28. The molecule has 0 heterocycles. The molecule has 106 valence electrons. The summed E-state index contributed by atoms with van der Waals surface area (Å²) in [6.07, 6.45) is 3.99. The molecule has 1 aromatic carbocycles. The molecule has 2 heteroatoms. The maximum atomic E-state index is 5.30. The lowest BCUT2D eigenvalue weighted by atomic mass is 9.80. The van der Waals surface area contributed by atoms with E-state index < -0.39 is 0 Å². The zero-order chi connectivity index (χ0) is 13.8. The summed E-state index contributed by atoms with van der Waals surface area (Å²) in [7, 11) is 1.72. The lowest BCUT2D eigenvalue weighted by Gasteiger charge is -2.34. The fourth-order valence-electron chi connectivity index (χ4n) is 3.44. The van der Waals surface area contributed by atoms with Gasteiger partial charge in [0.25, 0.3) is 0 Å². The maximum Gasteiger partial charge on any atom is 0.119 e. The second-order valence-electron chi connectivity index (χ2n) is 6.28. The highest BCUT2D eigenvalue weighted by Crippen LogP contribution is 2.30. The molecule has 0 bridgehead atoms. The molecule has 0 spiro atoms. The van der Waals surface area contributed by atoms with Gasteiger partial charge in [-0.3, -0.25) is 0 Å². The Bertz CT molecular complexity index is 394. The molecule has 0 aliphatic heterocycles. The number of hydrogen-bond donors (Lipinski definition) is 1. The number of ether oxygens (including phenoxy) is 1. The summed E-state index contributed by atoms with van der Waals surface area (Å²) < 4.78 is 5.30. The van der Waals surface area contributed by atoms with E-state index in [-0.39, 0.29) is 0 Å². The summed E-state index contributed by atoms with van der Waals surface area (Å²) in [5.41, 5.74) is 1.31. The average Bonchev–Trinajstić information content (AvgIpc) is 2.37. The molecule has 1 saturated carbocycles. The van der Waals surface area contributed by atoms with E-state index in [9.17, 15) is 0 Å². The fourth-order valence-corrected chi connectivity index (χ4v) is 3.44. The molecule has 3 atom stereocenters. The summed E-state index contributed by atoms with van der Waals surface area (Å²) in [6.45, 7) is 7.00. The Morgan fingerprint density at radius 1 is 1.16 bits per heavy atom. The van der Waals surface area contributed by atoms with Crippen LogP contribution in [0.1, 0.15) is 51.6 Å². The van der Waals surface area contributed by atoms with Crippen molar-refractivity contribution < 1.29 is 4.74 Å². The molecule has 19 heavy (non-hydrogen) atoms. The Labute approximate surface area is 117 Å². The van der Waals surface area contributed by atoms with Gasteiger partial charge in [-0.05, 0) is 55.7 Å². The molecule has 1 aliphatic carbocycles. The van der Waals surface area contributed by atoms with E-state index in [1.165, 1.54) is 24.8 Å². The normalized spacial score (nSPS) is 28.9. The molecule has 0 saturated heterocycles. The van der Waals surface area contributed by atoms with Gasteiger partial charge in [-0.2, -0.15) is 0 Å². The summed E-state index contributed by atoms with van der Waals surface area (Å²) in [6, 6.07) is 9.42. The van der Waals surface area contributed by atoms with Crippen LogP contribution in [0.3, 0.4) is 0 Å². The lowest BCUT2D eigenvalue weighted by Crippen LogP contribution is -2.37. The molecule has 2 nitrogen and oxygen atoms in total. The molecular formula is C17H27NO. The van der Waals surface area contributed by atoms with Crippen LogP contribution in [0.25, 0.3) is 0 Å². The van der Waals surface area contributed by atoms with Crippen LogP contribution in [0.2, 0.25) is 0 Å². The minimum atomic E-state index is 0.387. The van der Waals surface area contributed by atoms with E-state index in [0.29, 0.717) is 12.1 Å². The zero-order valence-electron chi connectivity index (χ0n) is 12.6. The summed E-state index contributed by atoms with van der Waals surface area (Å²) in [5, 5.41) is 3.79. The van der Waals surface area contributed by atoms with Gasteiger partial charge in [0.15, 0.2) is 0 Å². The number of methoxy groups -OCH3 is 1. The first-order chi connectivity index (χ1) is 9.08. The van der Waals surface area contributed by atoms with Crippen molar-refractivity contribution in [3.63, 3.8) is 0 Å². The van der Waals surface area contributed by atoms with Crippen LogP contribution in [-0.2, 0) is 0 Å². The van der Waals surface area contributed by atoms with E-state index in [0.717, 1.165) is 17.6 Å². The quantitative estimate of drug-likeness (QED) is 0.878. The van der Waals surface area contributed by atoms with Gasteiger partial charge >= 0.3 is 0 Å². The standard InChI is InChI=1S/C17H27NO/c1-12-8-13(2)10-16(9-12)18-14(3)15-6-5-7-17(11-15)19-4/h5-7,11-14,16,18H,8-10H2,1-4H3/t12?,13?,14-,16?/m0/s1. The van der Waals surface area contributed by atoms with Gasteiger partial charge in [0, 0.05) is 12.1 Å². The van der Waals surface area contributed by atoms with Crippen LogP contribution >= 0.6 is 0 Å². The average molecular weight is 261 g/mol. The Balaban J connectivity index is 1.97. The molecule has 1 aromatic rings. The van der Waals surface area contributed by atoms with Crippen molar-refractivity contribution in [2.75, 3.05) is 7.11 Å².